The molecule has 4 heteroatoms. The fourth-order valence-corrected chi connectivity index (χ4v) is 2.35. The molecule has 0 saturated carbocycles. The molecule has 0 radical (unpaired) electrons. The topological polar surface area (TPSA) is 38.3 Å². The molecule has 0 bridgehead atoms. The highest BCUT2D eigenvalue weighted by Gasteiger charge is 2.39. The van der Waals surface area contributed by atoms with E-state index in [0.29, 0.717) is 12.1 Å². The van der Waals surface area contributed by atoms with E-state index in [-0.39, 0.29) is 11.8 Å². The van der Waals surface area contributed by atoms with Gasteiger partial charge in [0.25, 0.3) is 0 Å². The van der Waals surface area contributed by atoms with Gasteiger partial charge in [-0.15, -0.1) is 0 Å². The Kier molecular flexibility index (Phi) is 4.58. The number of nitrogens with one attached hydrogen (secondary N) is 1. The van der Waals surface area contributed by atoms with Crippen LogP contribution in [0.3, 0.4) is 0 Å². The van der Waals surface area contributed by atoms with Crippen molar-refractivity contribution in [2.75, 3.05) is 12.4 Å². The number of methoxy groups -OCH3 is 1. The summed E-state index contributed by atoms with van der Waals surface area (Å²) in [7, 11) is 1.36. The van der Waals surface area contributed by atoms with Gasteiger partial charge in [-0.3, -0.25) is 0 Å². The monoisotopic (exact) mass is 287 g/mol. The number of halogens is 1. The van der Waals surface area contributed by atoms with Crippen molar-refractivity contribution in [3.8, 4) is 0 Å². The standard InChI is InChI=1S/C17H18FNO2/c1-3-17(16(20)21-2,13-7-5-4-6-8-13)19-15-11-9-14(18)10-12-15/h4-12,19H,3H2,1-2H3. The van der Waals surface area contributed by atoms with Crippen LogP contribution in [-0.2, 0) is 15.1 Å². The van der Waals surface area contributed by atoms with E-state index in [2.05, 4.69) is 5.32 Å². The van der Waals surface area contributed by atoms with E-state index < -0.39 is 5.54 Å². The number of hydrogen-bond donors (Lipinski definition) is 1. The number of anilines is 1. The van der Waals surface area contributed by atoms with Gasteiger partial charge in [-0.1, -0.05) is 37.3 Å². The Hall–Kier alpha value is -2.36. The van der Waals surface area contributed by atoms with E-state index in [4.69, 9.17) is 4.74 Å². The minimum absolute atomic E-state index is 0.319. The van der Waals surface area contributed by atoms with E-state index in [1.807, 2.05) is 37.3 Å². The highest BCUT2D eigenvalue weighted by Crippen LogP contribution is 2.31. The molecule has 0 aliphatic rings. The van der Waals surface area contributed by atoms with Crippen LogP contribution in [-0.4, -0.2) is 13.1 Å². The molecule has 0 fully saturated rings. The summed E-state index contributed by atoms with van der Waals surface area (Å²) in [6.45, 7) is 1.90. The SMILES string of the molecule is CCC(Nc1ccc(F)cc1)(C(=O)OC)c1ccccc1. The van der Waals surface area contributed by atoms with Crippen LogP contribution in [0.15, 0.2) is 54.6 Å². The van der Waals surface area contributed by atoms with Gasteiger partial charge in [-0.25, -0.2) is 9.18 Å². The van der Waals surface area contributed by atoms with Gasteiger partial charge in [0.2, 0.25) is 0 Å². The van der Waals surface area contributed by atoms with Crippen molar-refractivity contribution in [2.45, 2.75) is 18.9 Å². The third-order valence-electron chi connectivity index (χ3n) is 3.53. The molecular weight excluding hydrogens is 269 g/mol. The van der Waals surface area contributed by atoms with Crippen molar-refractivity contribution in [3.63, 3.8) is 0 Å². The first-order valence-corrected chi connectivity index (χ1v) is 6.80. The van der Waals surface area contributed by atoms with Crippen LogP contribution < -0.4 is 5.32 Å². The largest absolute Gasteiger partial charge is 0.467 e. The average Bonchev–Trinajstić information content (AvgIpc) is 2.54. The van der Waals surface area contributed by atoms with E-state index in [9.17, 15) is 9.18 Å². The summed E-state index contributed by atoms with van der Waals surface area (Å²) in [6, 6.07) is 15.3. The van der Waals surface area contributed by atoms with E-state index in [1.165, 1.54) is 19.2 Å². The van der Waals surface area contributed by atoms with Gasteiger partial charge >= 0.3 is 5.97 Å². The Labute approximate surface area is 123 Å². The number of carbonyl (C=O) groups excluding carboxylic acids is 1. The van der Waals surface area contributed by atoms with Gasteiger partial charge in [0.05, 0.1) is 7.11 Å². The van der Waals surface area contributed by atoms with Crippen molar-refractivity contribution in [1.82, 2.24) is 0 Å². The van der Waals surface area contributed by atoms with Crippen LogP contribution in [0.5, 0.6) is 0 Å². The van der Waals surface area contributed by atoms with E-state index >= 15 is 0 Å². The Morgan fingerprint density at radius 2 is 1.76 bits per heavy atom. The van der Waals surface area contributed by atoms with Crippen LogP contribution in [0.25, 0.3) is 0 Å². The normalized spacial score (nSPS) is 13.3. The highest BCUT2D eigenvalue weighted by atomic mass is 19.1. The van der Waals surface area contributed by atoms with E-state index in [0.717, 1.165) is 5.56 Å². The summed E-state index contributed by atoms with van der Waals surface area (Å²) in [5.41, 5.74) is 0.476. The van der Waals surface area contributed by atoms with Crippen molar-refractivity contribution in [2.24, 2.45) is 0 Å². The summed E-state index contributed by atoms with van der Waals surface area (Å²) in [4.78, 5) is 12.4. The summed E-state index contributed by atoms with van der Waals surface area (Å²) in [6.07, 6.45) is 0.501. The molecule has 0 aliphatic heterocycles. The predicted octanol–water partition coefficient (Wildman–Crippen LogP) is 3.72. The lowest BCUT2D eigenvalue weighted by molar-refractivity contribution is -0.146. The number of esters is 1. The molecule has 2 aromatic carbocycles. The quantitative estimate of drug-likeness (QED) is 0.852. The molecule has 0 aromatic heterocycles. The second kappa shape index (κ2) is 6.39. The van der Waals surface area contributed by atoms with Crippen LogP contribution in [0.2, 0.25) is 0 Å². The van der Waals surface area contributed by atoms with Gasteiger partial charge in [0, 0.05) is 5.69 Å². The van der Waals surface area contributed by atoms with Gasteiger partial charge in [-0.05, 0) is 36.2 Å². The first-order chi connectivity index (χ1) is 10.1. The second-order valence-corrected chi connectivity index (χ2v) is 4.75. The van der Waals surface area contributed by atoms with Crippen molar-refractivity contribution in [3.05, 3.63) is 66.0 Å². The van der Waals surface area contributed by atoms with Crippen molar-refractivity contribution < 1.29 is 13.9 Å². The lowest BCUT2D eigenvalue weighted by atomic mass is 9.86. The highest BCUT2D eigenvalue weighted by molar-refractivity contribution is 5.86. The van der Waals surface area contributed by atoms with Gasteiger partial charge < -0.3 is 10.1 Å². The summed E-state index contributed by atoms with van der Waals surface area (Å²) in [5.74, 6) is -0.694. The van der Waals surface area contributed by atoms with Crippen LogP contribution in [0, 0.1) is 5.82 Å². The first kappa shape index (κ1) is 15.0. The zero-order valence-corrected chi connectivity index (χ0v) is 12.1. The number of hydrogen-bond acceptors (Lipinski definition) is 3. The third kappa shape index (κ3) is 3.05. The molecule has 110 valence electrons. The maximum Gasteiger partial charge on any atom is 0.336 e. The fraction of sp³-hybridized carbons (Fsp3) is 0.235. The number of benzene rings is 2. The fourth-order valence-electron chi connectivity index (χ4n) is 2.35. The summed E-state index contributed by atoms with van der Waals surface area (Å²) in [5, 5.41) is 3.20. The molecule has 1 unspecified atom stereocenters. The lowest BCUT2D eigenvalue weighted by Gasteiger charge is -2.32. The van der Waals surface area contributed by atoms with Crippen LogP contribution >= 0.6 is 0 Å². The Balaban J connectivity index is 2.45. The van der Waals surface area contributed by atoms with Gasteiger partial charge in [0.15, 0.2) is 5.54 Å². The van der Waals surface area contributed by atoms with Gasteiger partial charge in [0.1, 0.15) is 5.82 Å². The maximum absolute atomic E-state index is 13.0. The molecule has 0 heterocycles. The molecule has 3 nitrogen and oxygen atoms in total. The first-order valence-electron chi connectivity index (χ1n) is 6.80. The minimum Gasteiger partial charge on any atom is -0.467 e. The molecule has 21 heavy (non-hydrogen) atoms. The van der Waals surface area contributed by atoms with Crippen LogP contribution in [0.4, 0.5) is 10.1 Å². The number of carbonyl (C=O) groups is 1. The number of rotatable bonds is 5. The maximum atomic E-state index is 13.0. The molecule has 1 atom stereocenters. The van der Waals surface area contributed by atoms with Gasteiger partial charge in [-0.2, -0.15) is 0 Å². The molecule has 0 aliphatic carbocycles. The summed E-state index contributed by atoms with van der Waals surface area (Å²) < 4.78 is 18.0. The predicted molar refractivity (Wildman–Crippen MR) is 80.4 cm³/mol. The minimum atomic E-state index is -0.992. The van der Waals surface area contributed by atoms with Crippen LogP contribution in [0.1, 0.15) is 18.9 Å². The Morgan fingerprint density at radius 3 is 2.29 bits per heavy atom. The molecular formula is C17H18FNO2. The van der Waals surface area contributed by atoms with Crippen molar-refractivity contribution >= 4 is 11.7 Å². The number of ether oxygens (including phenoxy) is 1. The summed E-state index contributed by atoms with van der Waals surface area (Å²) >= 11 is 0. The average molecular weight is 287 g/mol. The zero-order valence-electron chi connectivity index (χ0n) is 12.1. The molecule has 2 rings (SSSR count). The molecule has 0 amide bonds. The Bertz CT molecular complexity index is 598. The Morgan fingerprint density at radius 1 is 1.14 bits per heavy atom. The lowest BCUT2D eigenvalue weighted by Crippen LogP contribution is -2.43. The molecule has 1 N–H and O–H groups in total. The molecule has 0 spiro atoms. The molecule has 2 aromatic rings. The molecule has 0 saturated heterocycles. The third-order valence-corrected chi connectivity index (χ3v) is 3.53. The zero-order chi connectivity index (χ0) is 15.3. The smallest absolute Gasteiger partial charge is 0.336 e. The van der Waals surface area contributed by atoms with E-state index in [1.54, 1.807) is 12.1 Å². The van der Waals surface area contributed by atoms with Crippen molar-refractivity contribution in [1.29, 1.82) is 0 Å². The second-order valence-electron chi connectivity index (χ2n) is 4.75.